The molecule has 0 aliphatic rings. The lowest BCUT2D eigenvalue weighted by molar-refractivity contribution is 0.102. The molecule has 0 heterocycles. The molecule has 0 saturated carbocycles. The van der Waals surface area contributed by atoms with E-state index in [0.29, 0.717) is 16.3 Å². The molecule has 2 aromatic carbocycles. The minimum Gasteiger partial charge on any atom is -0.366 e. The van der Waals surface area contributed by atoms with E-state index < -0.39 is 0 Å². The number of halogens is 2. The highest BCUT2D eigenvalue weighted by atomic mass is 35.5. The summed E-state index contributed by atoms with van der Waals surface area (Å²) in [5, 5.41) is 0.446. The first-order chi connectivity index (χ1) is 11.9. The Morgan fingerprint density at radius 3 is 2.64 bits per heavy atom. The molecular formula is C19H20ClFN2OS. The number of thioether (sulfide) groups is 1. The maximum absolute atomic E-state index is 12.9. The number of ketones is 1. The Morgan fingerprint density at radius 2 is 2.00 bits per heavy atom. The first kappa shape index (κ1) is 19.5. The van der Waals surface area contributed by atoms with Crippen LogP contribution in [0.3, 0.4) is 0 Å². The molecule has 0 radical (unpaired) electrons. The Balaban J connectivity index is 2.10. The number of hydrogen-bond donors (Lipinski definition) is 0. The smallest absolute Gasteiger partial charge is 0.173 e. The van der Waals surface area contributed by atoms with Crippen molar-refractivity contribution in [1.82, 2.24) is 4.90 Å². The van der Waals surface area contributed by atoms with Crippen LogP contribution in [0.5, 0.6) is 0 Å². The summed E-state index contributed by atoms with van der Waals surface area (Å²) in [7, 11) is 1.93. The van der Waals surface area contributed by atoms with Crippen LogP contribution in [0.2, 0.25) is 5.02 Å². The van der Waals surface area contributed by atoms with Crippen LogP contribution >= 0.6 is 23.4 Å². The van der Waals surface area contributed by atoms with Crippen LogP contribution in [0.4, 0.5) is 10.1 Å². The highest BCUT2D eigenvalue weighted by Crippen LogP contribution is 2.29. The van der Waals surface area contributed by atoms with E-state index in [1.54, 1.807) is 24.5 Å². The van der Waals surface area contributed by atoms with E-state index in [9.17, 15) is 9.18 Å². The minimum absolute atomic E-state index is 0.0186. The van der Waals surface area contributed by atoms with Gasteiger partial charge in [0.1, 0.15) is 5.82 Å². The summed E-state index contributed by atoms with van der Waals surface area (Å²) in [5.41, 5.74) is 2.06. The van der Waals surface area contributed by atoms with Gasteiger partial charge in [0.05, 0.1) is 22.8 Å². The Kier molecular flexibility index (Phi) is 7.02. The van der Waals surface area contributed by atoms with Gasteiger partial charge in [0.25, 0.3) is 0 Å². The van der Waals surface area contributed by atoms with Crippen LogP contribution < -0.4 is 0 Å². The number of benzene rings is 2. The van der Waals surface area contributed by atoms with Crippen LogP contribution in [-0.4, -0.2) is 36.4 Å². The molecule has 0 saturated heterocycles. The zero-order valence-corrected chi connectivity index (χ0v) is 16.0. The molecule has 25 heavy (non-hydrogen) atoms. The molecule has 2 aromatic rings. The Labute approximate surface area is 156 Å². The summed E-state index contributed by atoms with van der Waals surface area (Å²) in [5.74, 6) is -0.0395. The van der Waals surface area contributed by atoms with E-state index in [1.165, 1.54) is 23.9 Å². The Bertz CT molecular complexity index is 778. The average molecular weight is 379 g/mol. The summed E-state index contributed by atoms with van der Waals surface area (Å²) in [6.45, 7) is 4.74. The molecule has 0 amide bonds. The molecule has 0 aliphatic heterocycles. The predicted molar refractivity (Wildman–Crippen MR) is 104 cm³/mol. The number of nitrogens with zero attached hydrogens (tertiary/aromatic N) is 2. The summed E-state index contributed by atoms with van der Waals surface area (Å²) < 4.78 is 12.9. The third-order valence-corrected chi connectivity index (χ3v) is 4.99. The van der Waals surface area contributed by atoms with E-state index in [2.05, 4.69) is 4.99 Å². The number of aryl methyl sites for hydroxylation is 1. The number of hydrogen-bond acceptors (Lipinski definition) is 3. The molecule has 0 atom stereocenters. The Morgan fingerprint density at radius 1 is 1.32 bits per heavy atom. The number of Topliss-reactive ketones (excluding diaryl/α,β-unsaturated/α-hetero) is 1. The fraction of sp³-hybridized carbons (Fsp3) is 0.263. The quantitative estimate of drug-likeness (QED) is 0.281. The lowest BCUT2D eigenvalue weighted by Gasteiger charge is -2.10. The van der Waals surface area contributed by atoms with Crippen LogP contribution in [0.15, 0.2) is 46.3 Å². The monoisotopic (exact) mass is 378 g/mol. The molecule has 0 bridgehead atoms. The van der Waals surface area contributed by atoms with E-state index in [0.717, 1.165) is 17.0 Å². The summed E-state index contributed by atoms with van der Waals surface area (Å²) in [6.07, 6.45) is 1.71. The second-order valence-corrected chi connectivity index (χ2v) is 7.06. The van der Waals surface area contributed by atoms with Crippen molar-refractivity contribution in [2.24, 2.45) is 4.99 Å². The molecular weight excluding hydrogens is 359 g/mol. The fourth-order valence-electron chi connectivity index (χ4n) is 2.07. The normalized spacial score (nSPS) is 11.1. The highest BCUT2D eigenvalue weighted by Gasteiger charge is 2.13. The van der Waals surface area contributed by atoms with Crippen molar-refractivity contribution < 1.29 is 9.18 Å². The van der Waals surface area contributed by atoms with Gasteiger partial charge in [-0.15, -0.1) is 11.8 Å². The SMILES string of the molecule is CCN(C)C=Nc1cc(C)c(C(=O)CSc2ccc(F)cc2)cc1Cl. The molecule has 0 spiro atoms. The number of aliphatic imine (C=N–C) groups is 1. The molecule has 0 fully saturated rings. The largest absolute Gasteiger partial charge is 0.366 e. The van der Waals surface area contributed by atoms with Gasteiger partial charge in [-0.05, 0) is 55.8 Å². The second-order valence-electron chi connectivity index (χ2n) is 5.60. The minimum atomic E-state index is -0.289. The van der Waals surface area contributed by atoms with E-state index in [4.69, 9.17) is 11.6 Å². The van der Waals surface area contributed by atoms with Gasteiger partial charge in [0, 0.05) is 24.1 Å². The average Bonchev–Trinajstić information content (AvgIpc) is 2.61. The van der Waals surface area contributed by atoms with Crippen molar-refractivity contribution in [3.8, 4) is 0 Å². The van der Waals surface area contributed by atoms with Crippen LogP contribution in [0, 0.1) is 12.7 Å². The molecule has 2 rings (SSSR count). The number of carbonyl (C=O) groups is 1. The van der Waals surface area contributed by atoms with Crippen LogP contribution in [-0.2, 0) is 0 Å². The molecule has 0 unspecified atom stereocenters. The van der Waals surface area contributed by atoms with E-state index in [-0.39, 0.29) is 17.4 Å². The predicted octanol–water partition coefficient (Wildman–Crippen LogP) is 5.37. The molecule has 132 valence electrons. The maximum atomic E-state index is 12.9. The Hall–Kier alpha value is -1.85. The summed E-state index contributed by atoms with van der Waals surface area (Å²) in [4.78, 5) is 19.6. The lowest BCUT2D eigenvalue weighted by atomic mass is 10.0. The van der Waals surface area contributed by atoms with Gasteiger partial charge in [-0.2, -0.15) is 0 Å². The molecule has 6 heteroatoms. The molecule has 0 aliphatic carbocycles. The van der Waals surface area contributed by atoms with Crippen molar-refractivity contribution in [2.75, 3.05) is 19.3 Å². The van der Waals surface area contributed by atoms with Gasteiger partial charge in [0.15, 0.2) is 5.78 Å². The van der Waals surface area contributed by atoms with Gasteiger partial charge in [-0.3, -0.25) is 4.79 Å². The van der Waals surface area contributed by atoms with Crippen LogP contribution in [0.1, 0.15) is 22.8 Å². The molecule has 0 aromatic heterocycles. The first-order valence-corrected chi connectivity index (χ1v) is 9.23. The van der Waals surface area contributed by atoms with Crippen molar-refractivity contribution in [3.05, 3.63) is 58.4 Å². The van der Waals surface area contributed by atoms with Crippen molar-refractivity contribution in [2.45, 2.75) is 18.7 Å². The zero-order valence-electron chi connectivity index (χ0n) is 14.4. The third kappa shape index (κ3) is 5.58. The van der Waals surface area contributed by atoms with E-state index in [1.807, 2.05) is 31.9 Å². The van der Waals surface area contributed by atoms with Crippen molar-refractivity contribution in [1.29, 1.82) is 0 Å². The number of rotatable bonds is 7. The zero-order chi connectivity index (χ0) is 18.4. The van der Waals surface area contributed by atoms with E-state index >= 15 is 0 Å². The summed E-state index contributed by atoms with van der Waals surface area (Å²) >= 11 is 7.65. The van der Waals surface area contributed by atoms with Crippen molar-refractivity contribution in [3.63, 3.8) is 0 Å². The molecule has 0 N–H and O–H groups in total. The lowest BCUT2D eigenvalue weighted by Crippen LogP contribution is -2.14. The molecule has 3 nitrogen and oxygen atoms in total. The van der Waals surface area contributed by atoms with Gasteiger partial charge in [-0.25, -0.2) is 9.38 Å². The third-order valence-electron chi connectivity index (χ3n) is 3.67. The topological polar surface area (TPSA) is 32.7 Å². The maximum Gasteiger partial charge on any atom is 0.173 e. The fourth-order valence-corrected chi connectivity index (χ4v) is 3.06. The number of carbonyl (C=O) groups excluding carboxylic acids is 1. The summed E-state index contributed by atoms with van der Waals surface area (Å²) in [6, 6.07) is 9.58. The van der Waals surface area contributed by atoms with Crippen LogP contribution in [0.25, 0.3) is 0 Å². The van der Waals surface area contributed by atoms with Gasteiger partial charge in [-0.1, -0.05) is 11.6 Å². The standard InChI is InChI=1S/C19H20ClFN2OS/c1-4-23(3)12-22-18-9-13(2)16(10-17(18)20)19(24)11-25-15-7-5-14(21)6-8-15/h5-10,12H,4,11H2,1-3H3. The highest BCUT2D eigenvalue weighted by molar-refractivity contribution is 8.00. The van der Waals surface area contributed by atoms with Gasteiger partial charge in [0.2, 0.25) is 0 Å². The van der Waals surface area contributed by atoms with Gasteiger partial charge >= 0.3 is 0 Å². The van der Waals surface area contributed by atoms with Gasteiger partial charge < -0.3 is 4.90 Å². The van der Waals surface area contributed by atoms with Crippen molar-refractivity contribution >= 4 is 41.2 Å². The first-order valence-electron chi connectivity index (χ1n) is 7.87. The second kappa shape index (κ2) is 9.02.